The molecule has 90 valence electrons. The molecular weight excluding hydrogens is 218 g/mol. The van der Waals surface area contributed by atoms with Crippen molar-refractivity contribution in [2.45, 2.75) is 6.42 Å². The van der Waals surface area contributed by atoms with E-state index in [2.05, 4.69) is 10.2 Å². The van der Waals surface area contributed by atoms with Gasteiger partial charge in [-0.2, -0.15) is 10.2 Å². The van der Waals surface area contributed by atoms with Crippen LogP contribution in [-0.4, -0.2) is 41.7 Å². The predicted octanol–water partition coefficient (Wildman–Crippen LogP) is 1.63. The average Bonchev–Trinajstić information content (AvgIpc) is 2.79. The fourth-order valence-electron chi connectivity index (χ4n) is 1.64. The zero-order valence-corrected chi connectivity index (χ0v) is 9.93. The third-order valence-electron chi connectivity index (χ3n) is 2.70. The van der Waals surface area contributed by atoms with Gasteiger partial charge in [-0.3, -0.25) is 9.89 Å². The van der Waals surface area contributed by atoms with Gasteiger partial charge < -0.3 is 4.84 Å². The summed E-state index contributed by atoms with van der Waals surface area (Å²) in [5.74, 6) is 0.0198. The van der Waals surface area contributed by atoms with Gasteiger partial charge in [-0.25, -0.2) is 0 Å². The average molecular weight is 233 g/mol. The Morgan fingerprint density at radius 3 is 3.00 bits per heavy atom. The summed E-state index contributed by atoms with van der Waals surface area (Å²) in [4.78, 5) is 16.9. The molecule has 0 spiro atoms. The summed E-state index contributed by atoms with van der Waals surface area (Å²) in [5, 5.41) is 9.41. The van der Waals surface area contributed by atoms with E-state index in [9.17, 15) is 4.79 Å². The number of para-hydroxylation sites is 1. The van der Waals surface area contributed by atoms with Gasteiger partial charge in [-0.1, -0.05) is 18.2 Å². The second-order valence-electron chi connectivity index (χ2n) is 3.83. The molecule has 5 heteroatoms. The molecule has 2 aromatic rings. The number of hydroxylamine groups is 2. The van der Waals surface area contributed by atoms with Crippen molar-refractivity contribution in [1.29, 1.82) is 0 Å². The summed E-state index contributed by atoms with van der Waals surface area (Å²) in [6.07, 6.45) is 0.388. The van der Waals surface area contributed by atoms with E-state index in [1.165, 1.54) is 0 Å². The Labute approximate surface area is 99.3 Å². The number of ketones is 1. The zero-order valence-electron chi connectivity index (χ0n) is 9.93. The van der Waals surface area contributed by atoms with Crippen LogP contribution in [-0.2, 0) is 4.84 Å². The van der Waals surface area contributed by atoms with E-state index >= 15 is 0 Å². The van der Waals surface area contributed by atoms with Gasteiger partial charge in [0.15, 0.2) is 5.78 Å². The lowest BCUT2D eigenvalue weighted by Crippen LogP contribution is -2.20. The number of aromatic amines is 1. The minimum atomic E-state index is 0.0198. The number of fused-ring (bicyclic) bond motifs is 1. The Bertz CT molecular complexity index is 521. The van der Waals surface area contributed by atoms with E-state index in [1.54, 1.807) is 19.2 Å². The number of nitrogens with one attached hydrogen (secondary N) is 1. The second-order valence-corrected chi connectivity index (χ2v) is 3.83. The van der Waals surface area contributed by atoms with Crippen LogP contribution >= 0.6 is 0 Å². The molecule has 1 heterocycles. The lowest BCUT2D eigenvalue weighted by molar-refractivity contribution is -0.107. The molecule has 1 N–H and O–H groups in total. The van der Waals surface area contributed by atoms with Crippen molar-refractivity contribution in [3.05, 3.63) is 30.0 Å². The van der Waals surface area contributed by atoms with E-state index in [1.807, 2.05) is 24.3 Å². The largest absolute Gasteiger partial charge is 0.303 e. The van der Waals surface area contributed by atoms with Gasteiger partial charge in [0, 0.05) is 25.4 Å². The fourth-order valence-corrected chi connectivity index (χ4v) is 1.64. The van der Waals surface area contributed by atoms with Crippen LogP contribution in [0.3, 0.4) is 0 Å². The van der Waals surface area contributed by atoms with Crippen molar-refractivity contribution in [3.63, 3.8) is 0 Å². The Balaban J connectivity index is 2.14. The number of benzene rings is 1. The maximum atomic E-state index is 12.0. The van der Waals surface area contributed by atoms with Gasteiger partial charge in [0.25, 0.3) is 0 Å². The number of rotatable bonds is 5. The van der Waals surface area contributed by atoms with Crippen LogP contribution in [0, 0.1) is 0 Å². The minimum absolute atomic E-state index is 0.0198. The molecule has 1 aromatic heterocycles. The first-order valence-electron chi connectivity index (χ1n) is 5.44. The van der Waals surface area contributed by atoms with E-state index in [0.717, 1.165) is 10.9 Å². The van der Waals surface area contributed by atoms with Gasteiger partial charge in [-0.05, 0) is 6.07 Å². The number of H-pyrrole nitrogens is 1. The third-order valence-corrected chi connectivity index (χ3v) is 2.70. The lowest BCUT2D eigenvalue weighted by Gasteiger charge is -2.11. The number of hydrogen-bond acceptors (Lipinski definition) is 4. The number of nitrogens with zero attached hydrogens (tertiary/aromatic N) is 2. The van der Waals surface area contributed by atoms with Crippen molar-refractivity contribution < 1.29 is 9.63 Å². The molecule has 0 aliphatic heterocycles. The highest BCUT2D eigenvalue weighted by Gasteiger charge is 2.14. The van der Waals surface area contributed by atoms with Crippen molar-refractivity contribution >= 4 is 16.7 Å². The lowest BCUT2D eigenvalue weighted by atomic mass is 10.1. The molecule has 0 amide bonds. The summed E-state index contributed by atoms with van der Waals surface area (Å²) in [6.45, 7) is 0.552. The quantitative estimate of drug-likeness (QED) is 0.630. The van der Waals surface area contributed by atoms with E-state index in [-0.39, 0.29) is 5.78 Å². The molecule has 0 bridgehead atoms. The van der Waals surface area contributed by atoms with Crippen LogP contribution in [0.5, 0.6) is 0 Å². The van der Waals surface area contributed by atoms with Crippen LogP contribution in [0.1, 0.15) is 16.9 Å². The van der Waals surface area contributed by atoms with Crippen molar-refractivity contribution in [1.82, 2.24) is 15.3 Å². The molecule has 5 nitrogen and oxygen atoms in total. The van der Waals surface area contributed by atoms with Crippen LogP contribution in [0.25, 0.3) is 10.9 Å². The van der Waals surface area contributed by atoms with Crippen molar-refractivity contribution in [3.8, 4) is 0 Å². The summed E-state index contributed by atoms with van der Waals surface area (Å²) in [7, 11) is 3.37. The number of Topliss-reactive ketones (excluding diaryl/α,β-unsaturated/α-hetero) is 1. The maximum absolute atomic E-state index is 12.0. The SMILES string of the molecule is CON(C)CCC(=O)c1n[nH]c2ccccc12. The standard InChI is InChI=1S/C12H15N3O2/c1-15(17-2)8-7-11(16)12-9-5-3-4-6-10(9)13-14-12/h3-6H,7-8H2,1-2H3,(H,13,14). The molecule has 0 saturated heterocycles. The highest BCUT2D eigenvalue weighted by atomic mass is 16.7. The Morgan fingerprint density at radius 1 is 1.47 bits per heavy atom. The Kier molecular flexibility index (Phi) is 3.51. The highest BCUT2D eigenvalue weighted by molar-refractivity contribution is 6.05. The van der Waals surface area contributed by atoms with Crippen LogP contribution in [0.2, 0.25) is 0 Å². The molecule has 17 heavy (non-hydrogen) atoms. The Morgan fingerprint density at radius 2 is 2.24 bits per heavy atom. The van der Waals surface area contributed by atoms with Gasteiger partial charge in [0.05, 0.1) is 12.6 Å². The van der Waals surface area contributed by atoms with Crippen molar-refractivity contribution in [2.24, 2.45) is 0 Å². The van der Waals surface area contributed by atoms with Gasteiger partial charge in [0.1, 0.15) is 5.69 Å². The minimum Gasteiger partial charge on any atom is -0.303 e. The van der Waals surface area contributed by atoms with E-state index < -0.39 is 0 Å². The third kappa shape index (κ3) is 2.51. The van der Waals surface area contributed by atoms with Crippen molar-refractivity contribution in [2.75, 3.05) is 20.7 Å². The summed E-state index contributed by atoms with van der Waals surface area (Å²) in [5.41, 5.74) is 1.39. The fraction of sp³-hybridized carbons (Fsp3) is 0.333. The predicted molar refractivity (Wildman–Crippen MR) is 64.7 cm³/mol. The second kappa shape index (κ2) is 5.07. The van der Waals surface area contributed by atoms with Gasteiger partial charge in [0.2, 0.25) is 0 Å². The Hall–Kier alpha value is -1.72. The molecule has 0 saturated carbocycles. The first-order valence-corrected chi connectivity index (χ1v) is 5.44. The molecule has 0 unspecified atom stereocenters. The smallest absolute Gasteiger partial charge is 0.185 e. The van der Waals surface area contributed by atoms with Gasteiger partial charge in [-0.15, -0.1) is 0 Å². The number of hydrogen-bond donors (Lipinski definition) is 1. The zero-order chi connectivity index (χ0) is 12.3. The first-order chi connectivity index (χ1) is 8.22. The number of carbonyl (C=O) groups excluding carboxylic acids is 1. The van der Waals surface area contributed by atoms with Crippen LogP contribution < -0.4 is 0 Å². The normalized spacial score (nSPS) is 11.2. The molecule has 0 fully saturated rings. The topological polar surface area (TPSA) is 58.2 Å². The molecule has 0 aliphatic rings. The molecule has 0 aliphatic carbocycles. The number of aromatic nitrogens is 2. The van der Waals surface area contributed by atoms with Crippen LogP contribution in [0.4, 0.5) is 0 Å². The highest BCUT2D eigenvalue weighted by Crippen LogP contribution is 2.16. The van der Waals surface area contributed by atoms with E-state index in [0.29, 0.717) is 18.7 Å². The summed E-state index contributed by atoms with van der Waals surface area (Å²) in [6, 6.07) is 7.61. The maximum Gasteiger partial charge on any atom is 0.185 e. The molecule has 0 radical (unpaired) electrons. The van der Waals surface area contributed by atoms with Crippen LogP contribution in [0.15, 0.2) is 24.3 Å². The first kappa shape index (κ1) is 11.8. The monoisotopic (exact) mass is 233 g/mol. The molecule has 0 atom stereocenters. The molecule has 2 rings (SSSR count). The number of carbonyl (C=O) groups is 1. The molecular formula is C12H15N3O2. The van der Waals surface area contributed by atoms with E-state index in [4.69, 9.17) is 4.84 Å². The van der Waals surface area contributed by atoms with Gasteiger partial charge >= 0.3 is 0 Å². The summed E-state index contributed by atoms with van der Waals surface area (Å²) < 4.78 is 0. The summed E-state index contributed by atoms with van der Waals surface area (Å²) >= 11 is 0. The molecule has 1 aromatic carbocycles.